The van der Waals surface area contributed by atoms with E-state index in [0.717, 1.165) is 74.9 Å². The molecule has 2 aromatic rings. The molecule has 158 valence electrons. The molecule has 1 amide bonds. The first-order valence-corrected chi connectivity index (χ1v) is 11.7. The number of thiazole rings is 1. The van der Waals surface area contributed by atoms with E-state index < -0.39 is 0 Å². The predicted molar refractivity (Wildman–Crippen MR) is 121 cm³/mol. The van der Waals surface area contributed by atoms with Crippen LogP contribution in [-0.2, 0) is 17.8 Å². The van der Waals surface area contributed by atoms with Crippen molar-refractivity contribution in [3.8, 4) is 10.6 Å². The van der Waals surface area contributed by atoms with E-state index in [1.807, 2.05) is 17.2 Å². The Labute approximate surface area is 179 Å². The predicted octanol–water partition coefficient (Wildman–Crippen LogP) is 3.75. The second-order valence-corrected chi connectivity index (χ2v) is 8.79. The van der Waals surface area contributed by atoms with Gasteiger partial charge in [-0.1, -0.05) is 31.5 Å². The van der Waals surface area contributed by atoms with Gasteiger partial charge in [0.05, 0.1) is 12.1 Å². The zero-order chi connectivity index (χ0) is 20.6. The Kier molecular flexibility index (Phi) is 8.21. The van der Waals surface area contributed by atoms with Crippen LogP contribution in [-0.4, -0.2) is 71.9 Å². The molecule has 0 bridgehead atoms. The number of nitrogens with zero attached hydrogens (tertiary/aromatic N) is 4. The molecule has 1 aromatic carbocycles. The van der Waals surface area contributed by atoms with E-state index in [-0.39, 0.29) is 5.91 Å². The second kappa shape index (κ2) is 10.9. The Morgan fingerprint density at radius 1 is 1.21 bits per heavy atom. The first-order valence-electron chi connectivity index (χ1n) is 10.8. The van der Waals surface area contributed by atoms with Crippen molar-refractivity contribution in [2.75, 3.05) is 46.3 Å². The monoisotopic (exact) mass is 414 g/mol. The van der Waals surface area contributed by atoms with Crippen LogP contribution in [0.2, 0.25) is 0 Å². The number of likely N-dealkylation sites (N-methyl/N-ethyl adjacent to an activating group) is 2. The lowest BCUT2D eigenvalue weighted by Gasteiger charge is -2.32. The number of aromatic nitrogens is 1. The molecule has 0 saturated carbocycles. The summed E-state index contributed by atoms with van der Waals surface area (Å²) in [5, 5.41) is 3.04. The number of rotatable bonds is 9. The van der Waals surface area contributed by atoms with Crippen LogP contribution >= 0.6 is 11.3 Å². The third kappa shape index (κ3) is 6.36. The number of carbonyl (C=O) groups is 1. The quantitative estimate of drug-likeness (QED) is 0.627. The summed E-state index contributed by atoms with van der Waals surface area (Å²) in [6.07, 6.45) is 2.56. The third-order valence-corrected chi connectivity index (χ3v) is 6.52. The molecule has 29 heavy (non-hydrogen) atoms. The van der Waals surface area contributed by atoms with Gasteiger partial charge in [0, 0.05) is 56.8 Å². The standard InChI is InChI=1S/C23H34N4OS/c1-4-6-10-27(5-2)22(28)16-21-18-29-23(24-21)20-9-7-8-19(15-20)17-26-13-11-25(3)12-14-26/h7-9,15,18H,4-6,10-14,16-17H2,1-3H3. The van der Waals surface area contributed by atoms with Crippen LogP contribution in [0.4, 0.5) is 0 Å². The van der Waals surface area contributed by atoms with Crippen LogP contribution in [0, 0.1) is 0 Å². The highest BCUT2D eigenvalue weighted by Gasteiger charge is 2.16. The van der Waals surface area contributed by atoms with Gasteiger partial charge in [0.15, 0.2) is 0 Å². The van der Waals surface area contributed by atoms with E-state index in [4.69, 9.17) is 4.98 Å². The number of hydrogen-bond donors (Lipinski definition) is 0. The molecule has 1 saturated heterocycles. The molecule has 0 atom stereocenters. The molecular weight excluding hydrogens is 380 g/mol. The normalized spacial score (nSPS) is 15.6. The van der Waals surface area contributed by atoms with Gasteiger partial charge >= 0.3 is 0 Å². The summed E-state index contributed by atoms with van der Waals surface area (Å²) in [5.41, 5.74) is 3.37. The number of hydrogen-bond acceptors (Lipinski definition) is 5. The third-order valence-electron chi connectivity index (χ3n) is 5.58. The molecule has 0 N–H and O–H groups in total. The average molecular weight is 415 g/mol. The molecule has 1 aliphatic rings. The maximum absolute atomic E-state index is 12.6. The summed E-state index contributed by atoms with van der Waals surface area (Å²) >= 11 is 1.63. The molecule has 0 unspecified atom stereocenters. The summed E-state index contributed by atoms with van der Waals surface area (Å²) in [6.45, 7) is 11.3. The number of amides is 1. The van der Waals surface area contributed by atoms with Crippen LogP contribution in [0.1, 0.15) is 37.9 Å². The largest absolute Gasteiger partial charge is 0.343 e. The van der Waals surface area contributed by atoms with Gasteiger partial charge < -0.3 is 9.80 Å². The van der Waals surface area contributed by atoms with Gasteiger partial charge in [-0.15, -0.1) is 11.3 Å². The lowest BCUT2D eigenvalue weighted by atomic mass is 10.1. The van der Waals surface area contributed by atoms with Crippen molar-refractivity contribution in [2.45, 2.75) is 39.7 Å². The summed E-state index contributed by atoms with van der Waals surface area (Å²) in [4.78, 5) is 24.2. The number of benzene rings is 1. The highest BCUT2D eigenvalue weighted by Crippen LogP contribution is 2.25. The average Bonchev–Trinajstić information content (AvgIpc) is 3.19. The molecule has 0 spiro atoms. The van der Waals surface area contributed by atoms with Crippen molar-refractivity contribution >= 4 is 17.2 Å². The Hall–Kier alpha value is -1.76. The summed E-state index contributed by atoms with van der Waals surface area (Å²) in [6, 6.07) is 8.70. The van der Waals surface area contributed by atoms with Crippen LogP contribution < -0.4 is 0 Å². The van der Waals surface area contributed by atoms with Gasteiger partial charge in [-0.2, -0.15) is 0 Å². The van der Waals surface area contributed by atoms with Gasteiger partial charge in [0.1, 0.15) is 5.01 Å². The van der Waals surface area contributed by atoms with Crippen molar-refractivity contribution in [3.63, 3.8) is 0 Å². The SMILES string of the molecule is CCCCN(CC)C(=O)Cc1csc(-c2cccc(CN3CCN(C)CC3)c2)n1. The first-order chi connectivity index (χ1) is 14.1. The minimum Gasteiger partial charge on any atom is -0.343 e. The fourth-order valence-corrected chi connectivity index (χ4v) is 4.48. The maximum atomic E-state index is 12.6. The maximum Gasteiger partial charge on any atom is 0.228 e. The Bertz CT molecular complexity index is 783. The molecule has 1 aliphatic heterocycles. The molecule has 3 rings (SSSR count). The topological polar surface area (TPSA) is 39.7 Å². The van der Waals surface area contributed by atoms with Gasteiger partial charge in [0.2, 0.25) is 5.91 Å². The fourth-order valence-electron chi connectivity index (χ4n) is 3.66. The summed E-state index contributed by atoms with van der Waals surface area (Å²) in [7, 11) is 2.19. The van der Waals surface area contributed by atoms with Crippen molar-refractivity contribution in [1.82, 2.24) is 19.7 Å². The smallest absolute Gasteiger partial charge is 0.228 e. The Balaban J connectivity index is 1.61. The number of unbranched alkanes of at least 4 members (excludes halogenated alkanes) is 1. The van der Waals surface area contributed by atoms with Crippen LogP contribution in [0.3, 0.4) is 0 Å². The van der Waals surface area contributed by atoms with Crippen molar-refractivity contribution < 1.29 is 4.79 Å². The van der Waals surface area contributed by atoms with Gasteiger partial charge in [0.25, 0.3) is 0 Å². The lowest BCUT2D eigenvalue weighted by Crippen LogP contribution is -2.43. The van der Waals surface area contributed by atoms with Crippen LogP contribution in [0.25, 0.3) is 10.6 Å². The molecule has 0 aliphatic carbocycles. The van der Waals surface area contributed by atoms with Crippen molar-refractivity contribution in [1.29, 1.82) is 0 Å². The Morgan fingerprint density at radius 3 is 2.72 bits per heavy atom. The number of carbonyl (C=O) groups excluding carboxylic acids is 1. The molecule has 1 fully saturated rings. The highest BCUT2D eigenvalue weighted by molar-refractivity contribution is 7.13. The zero-order valence-corrected chi connectivity index (χ0v) is 18.9. The van der Waals surface area contributed by atoms with Gasteiger partial charge in [-0.25, -0.2) is 4.98 Å². The first kappa shape index (κ1) is 21.9. The fraction of sp³-hybridized carbons (Fsp3) is 0.565. The molecule has 2 heterocycles. The molecular formula is C23H34N4OS. The highest BCUT2D eigenvalue weighted by atomic mass is 32.1. The molecule has 5 nitrogen and oxygen atoms in total. The minimum atomic E-state index is 0.182. The summed E-state index contributed by atoms with van der Waals surface area (Å²) < 4.78 is 0. The lowest BCUT2D eigenvalue weighted by molar-refractivity contribution is -0.130. The van der Waals surface area contributed by atoms with Gasteiger partial charge in [-0.3, -0.25) is 9.69 Å². The van der Waals surface area contributed by atoms with E-state index in [1.165, 1.54) is 5.56 Å². The zero-order valence-electron chi connectivity index (χ0n) is 18.1. The Morgan fingerprint density at radius 2 is 2.00 bits per heavy atom. The van der Waals surface area contributed by atoms with E-state index in [9.17, 15) is 4.79 Å². The van der Waals surface area contributed by atoms with Crippen molar-refractivity contribution in [3.05, 3.63) is 40.9 Å². The van der Waals surface area contributed by atoms with Gasteiger partial charge in [-0.05, 0) is 32.0 Å². The second-order valence-electron chi connectivity index (χ2n) is 7.93. The van der Waals surface area contributed by atoms with E-state index in [1.54, 1.807) is 11.3 Å². The summed E-state index contributed by atoms with van der Waals surface area (Å²) in [5.74, 6) is 0.182. The van der Waals surface area contributed by atoms with Crippen LogP contribution in [0.15, 0.2) is 29.6 Å². The van der Waals surface area contributed by atoms with E-state index in [2.05, 4.69) is 48.0 Å². The minimum absolute atomic E-state index is 0.182. The van der Waals surface area contributed by atoms with Crippen LogP contribution in [0.5, 0.6) is 0 Å². The van der Waals surface area contributed by atoms with Crippen molar-refractivity contribution in [2.24, 2.45) is 0 Å². The van der Waals surface area contributed by atoms with E-state index in [0.29, 0.717) is 6.42 Å². The number of piperazine rings is 1. The molecule has 6 heteroatoms. The van der Waals surface area contributed by atoms with E-state index >= 15 is 0 Å². The molecule has 0 radical (unpaired) electrons. The molecule has 1 aromatic heterocycles.